The molecular weight excluding hydrogens is 162 g/mol. The van der Waals surface area contributed by atoms with E-state index in [1.54, 1.807) is 0 Å². The molecule has 1 heterocycles. The summed E-state index contributed by atoms with van der Waals surface area (Å²) < 4.78 is 4.24. The maximum atomic E-state index is 4.57. The Kier molecular flexibility index (Phi) is 2.96. The molecule has 1 aromatic heterocycles. The Morgan fingerprint density at radius 3 is 2.23 bits per heavy atom. The summed E-state index contributed by atoms with van der Waals surface area (Å²) in [5, 5.41) is 0. The van der Waals surface area contributed by atoms with Crippen molar-refractivity contribution in [2.75, 3.05) is 0 Å². The highest BCUT2D eigenvalue weighted by atomic mass is 15.2. The second-order valence-corrected chi connectivity index (χ2v) is 3.93. The summed E-state index contributed by atoms with van der Waals surface area (Å²) in [5.41, 5.74) is 1.05. The number of rotatable bonds is 2. The van der Waals surface area contributed by atoms with Crippen molar-refractivity contribution < 1.29 is 0 Å². The quantitative estimate of drug-likeness (QED) is 0.663. The largest absolute Gasteiger partial charge is 0.321 e. The minimum Gasteiger partial charge on any atom is -0.321 e. The third kappa shape index (κ3) is 2.23. The molecule has 74 valence electrons. The van der Waals surface area contributed by atoms with Gasteiger partial charge in [-0.15, -0.1) is 0 Å². The molecule has 0 spiro atoms. The van der Waals surface area contributed by atoms with Crippen LogP contribution in [0, 0.1) is 0 Å². The molecule has 0 aliphatic carbocycles. The molecule has 1 aromatic rings. The van der Waals surface area contributed by atoms with Crippen LogP contribution in [0.2, 0.25) is 0 Å². The minimum atomic E-state index is 0.346. The van der Waals surface area contributed by atoms with Crippen molar-refractivity contribution in [3.05, 3.63) is 18.0 Å². The second-order valence-electron chi connectivity index (χ2n) is 3.93. The van der Waals surface area contributed by atoms with E-state index in [2.05, 4.69) is 48.0 Å². The van der Waals surface area contributed by atoms with Crippen LogP contribution in [0.4, 0.5) is 0 Å². The summed E-state index contributed by atoms with van der Waals surface area (Å²) in [6.07, 6.45) is 4.12. The number of aryl methyl sites for hydroxylation is 1. The Labute approximate surface area is 79.7 Å². The molecule has 0 saturated heterocycles. The van der Waals surface area contributed by atoms with Gasteiger partial charge in [-0.1, -0.05) is 0 Å². The van der Waals surface area contributed by atoms with Gasteiger partial charge in [0, 0.05) is 31.5 Å². The molecule has 0 fully saturated rings. The highest BCUT2D eigenvalue weighted by Gasteiger charge is 2.01. The van der Waals surface area contributed by atoms with E-state index in [-0.39, 0.29) is 0 Å². The number of hydrogen-bond donors (Lipinski definition) is 0. The smallest absolute Gasteiger partial charge is 0.205 e. The Hall–Kier alpha value is -0.990. The van der Waals surface area contributed by atoms with Crippen LogP contribution >= 0.6 is 0 Å². The molecule has 1 rings (SSSR count). The topological polar surface area (TPSA) is 22.2 Å². The number of nitrogens with zero attached hydrogens (tertiary/aromatic N) is 3. The van der Waals surface area contributed by atoms with E-state index in [4.69, 9.17) is 0 Å². The Morgan fingerprint density at radius 2 is 1.77 bits per heavy atom. The van der Waals surface area contributed by atoms with E-state index in [9.17, 15) is 0 Å². The van der Waals surface area contributed by atoms with Gasteiger partial charge in [-0.25, -0.2) is 4.99 Å². The van der Waals surface area contributed by atoms with E-state index in [0.717, 1.165) is 5.62 Å². The fourth-order valence-corrected chi connectivity index (χ4v) is 1.28. The third-order valence-electron chi connectivity index (χ3n) is 1.93. The first-order chi connectivity index (χ1) is 6.02. The standard InChI is InChI=1S/C10H19N3/c1-8(2)11-10-12(5)6-7-13(10)9(3)4/h6-9H,1-5H3/b11-10+. The molecular formula is C10H19N3. The van der Waals surface area contributed by atoms with Gasteiger partial charge in [-0.05, 0) is 27.7 Å². The summed E-state index contributed by atoms with van der Waals surface area (Å²) in [5.74, 6) is 0. The summed E-state index contributed by atoms with van der Waals surface area (Å²) in [6.45, 7) is 8.52. The lowest BCUT2D eigenvalue weighted by Crippen LogP contribution is -2.26. The zero-order valence-corrected chi connectivity index (χ0v) is 9.15. The van der Waals surface area contributed by atoms with Gasteiger partial charge in [0.25, 0.3) is 0 Å². The molecule has 0 radical (unpaired) electrons. The number of imidazole rings is 1. The third-order valence-corrected chi connectivity index (χ3v) is 1.93. The van der Waals surface area contributed by atoms with Crippen molar-refractivity contribution in [2.45, 2.75) is 39.8 Å². The lowest BCUT2D eigenvalue weighted by molar-refractivity contribution is 0.543. The molecule has 0 bridgehead atoms. The highest BCUT2D eigenvalue weighted by Crippen LogP contribution is 1.98. The van der Waals surface area contributed by atoms with Gasteiger partial charge in [0.05, 0.1) is 0 Å². The summed E-state index contributed by atoms with van der Waals surface area (Å²) in [4.78, 5) is 4.57. The SMILES string of the molecule is CC(C)/N=c1\n(C)ccn1C(C)C. The average Bonchev–Trinajstić information content (AvgIpc) is 2.32. The van der Waals surface area contributed by atoms with Gasteiger partial charge in [0.15, 0.2) is 0 Å². The summed E-state index contributed by atoms with van der Waals surface area (Å²) >= 11 is 0. The van der Waals surface area contributed by atoms with Crippen molar-refractivity contribution in [1.82, 2.24) is 9.13 Å². The Bertz CT molecular complexity index is 328. The summed E-state index contributed by atoms with van der Waals surface area (Å²) in [7, 11) is 2.03. The lowest BCUT2D eigenvalue weighted by Gasteiger charge is -2.07. The highest BCUT2D eigenvalue weighted by molar-refractivity contribution is 4.82. The molecule has 0 saturated carbocycles. The molecule has 0 amide bonds. The fraction of sp³-hybridized carbons (Fsp3) is 0.700. The van der Waals surface area contributed by atoms with Crippen LogP contribution in [0.15, 0.2) is 17.4 Å². The first-order valence-corrected chi connectivity index (χ1v) is 4.79. The van der Waals surface area contributed by atoms with E-state index in [0.29, 0.717) is 12.1 Å². The second kappa shape index (κ2) is 3.81. The Morgan fingerprint density at radius 1 is 1.15 bits per heavy atom. The fourth-order valence-electron chi connectivity index (χ4n) is 1.28. The van der Waals surface area contributed by atoms with E-state index < -0.39 is 0 Å². The van der Waals surface area contributed by atoms with Gasteiger partial charge < -0.3 is 9.13 Å². The van der Waals surface area contributed by atoms with Gasteiger partial charge >= 0.3 is 0 Å². The monoisotopic (exact) mass is 181 g/mol. The average molecular weight is 181 g/mol. The van der Waals surface area contributed by atoms with Crippen molar-refractivity contribution in [3.63, 3.8) is 0 Å². The maximum absolute atomic E-state index is 4.57. The van der Waals surface area contributed by atoms with Gasteiger partial charge in [0.2, 0.25) is 5.62 Å². The molecule has 3 nitrogen and oxygen atoms in total. The van der Waals surface area contributed by atoms with Crippen LogP contribution in [0.1, 0.15) is 33.7 Å². The van der Waals surface area contributed by atoms with Crippen molar-refractivity contribution in [3.8, 4) is 0 Å². The van der Waals surface area contributed by atoms with Gasteiger partial charge in [0.1, 0.15) is 0 Å². The molecule has 0 unspecified atom stereocenters. The van der Waals surface area contributed by atoms with Gasteiger partial charge in [-0.3, -0.25) is 0 Å². The molecule has 3 heteroatoms. The molecule has 0 N–H and O–H groups in total. The zero-order chi connectivity index (χ0) is 10.0. The normalized spacial score (nSPS) is 13.3. The van der Waals surface area contributed by atoms with Crippen LogP contribution in [0.3, 0.4) is 0 Å². The Balaban J connectivity index is 3.24. The summed E-state index contributed by atoms with van der Waals surface area (Å²) in [6, 6.07) is 0.817. The lowest BCUT2D eigenvalue weighted by atomic mass is 10.4. The molecule has 0 atom stereocenters. The van der Waals surface area contributed by atoms with Crippen molar-refractivity contribution >= 4 is 0 Å². The molecule has 13 heavy (non-hydrogen) atoms. The number of aromatic nitrogens is 2. The van der Waals surface area contributed by atoms with Crippen LogP contribution in [-0.2, 0) is 7.05 Å². The van der Waals surface area contributed by atoms with E-state index in [1.807, 2.05) is 13.2 Å². The minimum absolute atomic E-state index is 0.346. The zero-order valence-electron chi connectivity index (χ0n) is 9.15. The van der Waals surface area contributed by atoms with Crippen LogP contribution in [0.5, 0.6) is 0 Å². The predicted molar refractivity (Wildman–Crippen MR) is 54.5 cm³/mol. The maximum Gasteiger partial charge on any atom is 0.205 e. The van der Waals surface area contributed by atoms with Crippen LogP contribution in [0.25, 0.3) is 0 Å². The van der Waals surface area contributed by atoms with E-state index >= 15 is 0 Å². The first-order valence-electron chi connectivity index (χ1n) is 4.79. The van der Waals surface area contributed by atoms with Crippen LogP contribution < -0.4 is 5.62 Å². The van der Waals surface area contributed by atoms with Gasteiger partial charge in [-0.2, -0.15) is 0 Å². The van der Waals surface area contributed by atoms with Crippen LogP contribution in [-0.4, -0.2) is 15.2 Å². The van der Waals surface area contributed by atoms with Crippen molar-refractivity contribution in [2.24, 2.45) is 12.0 Å². The van der Waals surface area contributed by atoms with E-state index in [1.165, 1.54) is 0 Å². The number of hydrogen-bond acceptors (Lipinski definition) is 1. The molecule has 0 aliphatic heterocycles. The molecule has 0 aromatic carbocycles. The predicted octanol–water partition coefficient (Wildman–Crippen LogP) is 1.72. The van der Waals surface area contributed by atoms with Crippen molar-refractivity contribution in [1.29, 1.82) is 0 Å². The molecule has 0 aliphatic rings. The first kappa shape index (κ1) is 10.1.